The molecule has 0 saturated heterocycles. The zero-order chi connectivity index (χ0) is 12.1. The molecule has 2 nitrogen and oxygen atoms in total. The minimum absolute atomic E-state index is 0.0866. The van der Waals surface area contributed by atoms with E-state index in [1.54, 1.807) is 0 Å². The lowest BCUT2D eigenvalue weighted by molar-refractivity contribution is 0.152. The molecule has 1 rings (SSSR count). The van der Waals surface area contributed by atoms with E-state index in [1.807, 2.05) is 18.2 Å². The van der Waals surface area contributed by atoms with Crippen molar-refractivity contribution >= 4 is 0 Å². The fourth-order valence-electron chi connectivity index (χ4n) is 2.28. The van der Waals surface area contributed by atoms with E-state index >= 15 is 0 Å². The highest BCUT2D eigenvalue weighted by Gasteiger charge is 2.22. The zero-order valence-corrected chi connectivity index (χ0v) is 10.9. The third-order valence-electron chi connectivity index (χ3n) is 3.26. The summed E-state index contributed by atoms with van der Waals surface area (Å²) in [5.74, 6) is 0. The second-order valence-electron chi connectivity index (χ2n) is 4.60. The Balaban J connectivity index is 2.77. The highest BCUT2D eigenvalue weighted by Crippen LogP contribution is 2.19. The summed E-state index contributed by atoms with van der Waals surface area (Å²) in [5.41, 5.74) is 7.53. The standard InChI is InChI=1S/C14H24N2/c1-5-16(11(2)3)12(4)14(15)13-9-7-6-8-10-13/h6-12,14H,5,15H2,1-4H3. The number of rotatable bonds is 5. The first-order valence-corrected chi connectivity index (χ1v) is 6.14. The van der Waals surface area contributed by atoms with Crippen LogP contribution in [0.5, 0.6) is 0 Å². The summed E-state index contributed by atoms with van der Waals surface area (Å²) in [4.78, 5) is 2.43. The van der Waals surface area contributed by atoms with E-state index in [9.17, 15) is 0 Å². The Hall–Kier alpha value is -0.860. The van der Waals surface area contributed by atoms with Gasteiger partial charge < -0.3 is 5.73 Å². The Kier molecular flexibility index (Phi) is 4.97. The molecular weight excluding hydrogens is 196 g/mol. The molecule has 0 radical (unpaired) electrons. The first-order chi connectivity index (χ1) is 7.57. The van der Waals surface area contributed by atoms with Gasteiger partial charge in [-0.1, -0.05) is 37.3 Å². The minimum Gasteiger partial charge on any atom is -0.323 e. The van der Waals surface area contributed by atoms with Gasteiger partial charge in [-0.25, -0.2) is 0 Å². The number of hydrogen-bond acceptors (Lipinski definition) is 2. The lowest BCUT2D eigenvalue weighted by atomic mass is 9.99. The van der Waals surface area contributed by atoms with E-state index in [0.717, 1.165) is 6.54 Å². The van der Waals surface area contributed by atoms with E-state index in [4.69, 9.17) is 5.73 Å². The van der Waals surface area contributed by atoms with E-state index in [1.165, 1.54) is 5.56 Å². The van der Waals surface area contributed by atoms with Crippen LogP contribution < -0.4 is 5.73 Å². The summed E-state index contributed by atoms with van der Waals surface area (Å²) in [6, 6.07) is 11.3. The van der Waals surface area contributed by atoms with Crippen LogP contribution >= 0.6 is 0 Å². The molecule has 1 aromatic rings. The molecule has 2 heteroatoms. The summed E-state index contributed by atoms with van der Waals surface area (Å²) >= 11 is 0. The van der Waals surface area contributed by atoms with Crippen molar-refractivity contribution in [2.75, 3.05) is 6.54 Å². The molecule has 2 atom stereocenters. The number of nitrogens with two attached hydrogens (primary N) is 1. The Bertz CT molecular complexity index is 295. The maximum Gasteiger partial charge on any atom is 0.0450 e. The Morgan fingerprint density at radius 1 is 1.12 bits per heavy atom. The molecule has 0 heterocycles. The first-order valence-electron chi connectivity index (χ1n) is 6.14. The van der Waals surface area contributed by atoms with Gasteiger partial charge in [0.05, 0.1) is 0 Å². The van der Waals surface area contributed by atoms with Crippen molar-refractivity contribution in [3.05, 3.63) is 35.9 Å². The predicted octanol–water partition coefficient (Wildman–Crippen LogP) is 2.81. The van der Waals surface area contributed by atoms with Crippen LogP contribution in [0.2, 0.25) is 0 Å². The van der Waals surface area contributed by atoms with E-state index in [2.05, 4.69) is 44.7 Å². The monoisotopic (exact) mass is 220 g/mol. The maximum atomic E-state index is 6.31. The van der Waals surface area contributed by atoms with Crippen molar-refractivity contribution in [2.45, 2.75) is 45.8 Å². The molecule has 0 fully saturated rings. The molecular formula is C14H24N2. The minimum atomic E-state index is 0.0866. The van der Waals surface area contributed by atoms with Crippen LogP contribution in [-0.4, -0.2) is 23.5 Å². The summed E-state index contributed by atoms with van der Waals surface area (Å²) in [6.07, 6.45) is 0. The fraction of sp³-hybridized carbons (Fsp3) is 0.571. The third kappa shape index (κ3) is 3.06. The normalized spacial score (nSPS) is 15.4. The average Bonchev–Trinajstić information content (AvgIpc) is 2.29. The van der Waals surface area contributed by atoms with Crippen LogP contribution in [0.4, 0.5) is 0 Å². The topological polar surface area (TPSA) is 29.3 Å². The fourth-order valence-corrected chi connectivity index (χ4v) is 2.28. The number of likely N-dealkylation sites (N-methyl/N-ethyl adjacent to an activating group) is 1. The largest absolute Gasteiger partial charge is 0.323 e. The van der Waals surface area contributed by atoms with Crippen molar-refractivity contribution in [2.24, 2.45) is 5.73 Å². The molecule has 0 amide bonds. The number of hydrogen-bond donors (Lipinski definition) is 1. The molecule has 16 heavy (non-hydrogen) atoms. The molecule has 2 unspecified atom stereocenters. The van der Waals surface area contributed by atoms with Crippen LogP contribution in [0.3, 0.4) is 0 Å². The van der Waals surface area contributed by atoms with Gasteiger partial charge in [-0.2, -0.15) is 0 Å². The highest BCUT2D eigenvalue weighted by atomic mass is 15.2. The number of benzene rings is 1. The molecule has 0 aliphatic carbocycles. The third-order valence-corrected chi connectivity index (χ3v) is 3.26. The van der Waals surface area contributed by atoms with E-state index < -0.39 is 0 Å². The summed E-state index contributed by atoms with van der Waals surface area (Å²) < 4.78 is 0. The molecule has 0 bridgehead atoms. The van der Waals surface area contributed by atoms with Gasteiger partial charge in [-0.3, -0.25) is 4.90 Å². The van der Waals surface area contributed by atoms with Crippen LogP contribution in [0.25, 0.3) is 0 Å². The zero-order valence-electron chi connectivity index (χ0n) is 10.9. The summed E-state index contributed by atoms with van der Waals surface area (Å²) in [7, 11) is 0. The van der Waals surface area contributed by atoms with Crippen molar-refractivity contribution in [1.29, 1.82) is 0 Å². The van der Waals surface area contributed by atoms with Crippen LogP contribution in [0.15, 0.2) is 30.3 Å². The van der Waals surface area contributed by atoms with Crippen LogP contribution in [0.1, 0.15) is 39.3 Å². The molecule has 1 aromatic carbocycles. The first kappa shape index (κ1) is 13.2. The van der Waals surface area contributed by atoms with Gasteiger partial charge in [-0.15, -0.1) is 0 Å². The van der Waals surface area contributed by atoms with Crippen molar-refractivity contribution in [3.63, 3.8) is 0 Å². The van der Waals surface area contributed by atoms with Crippen LogP contribution in [0, 0.1) is 0 Å². The highest BCUT2D eigenvalue weighted by molar-refractivity contribution is 5.19. The Labute approximate surface area is 99.5 Å². The van der Waals surface area contributed by atoms with Crippen molar-refractivity contribution in [3.8, 4) is 0 Å². The summed E-state index contributed by atoms with van der Waals surface area (Å²) in [6.45, 7) is 9.88. The van der Waals surface area contributed by atoms with Gasteiger partial charge in [0.2, 0.25) is 0 Å². The van der Waals surface area contributed by atoms with Crippen molar-refractivity contribution < 1.29 is 0 Å². The van der Waals surface area contributed by atoms with Gasteiger partial charge in [0.15, 0.2) is 0 Å². The van der Waals surface area contributed by atoms with Crippen molar-refractivity contribution in [1.82, 2.24) is 4.90 Å². The van der Waals surface area contributed by atoms with Gasteiger partial charge in [0, 0.05) is 18.1 Å². The smallest absolute Gasteiger partial charge is 0.0450 e. The molecule has 2 N–H and O–H groups in total. The van der Waals surface area contributed by atoms with Gasteiger partial charge in [0.25, 0.3) is 0 Å². The molecule has 0 aliphatic rings. The molecule has 0 aliphatic heterocycles. The number of nitrogens with zero attached hydrogens (tertiary/aromatic N) is 1. The average molecular weight is 220 g/mol. The van der Waals surface area contributed by atoms with Gasteiger partial charge >= 0.3 is 0 Å². The molecule has 0 spiro atoms. The molecule has 0 aromatic heterocycles. The molecule has 90 valence electrons. The quantitative estimate of drug-likeness (QED) is 0.826. The second kappa shape index (κ2) is 6.02. The van der Waals surface area contributed by atoms with Crippen LogP contribution in [-0.2, 0) is 0 Å². The predicted molar refractivity (Wildman–Crippen MR) is 70.3 cm³/mol. The SMILES string of the molecule is CCN(C(C)C)C(C)C(N)c1ccccc1. The summed E-state index contributed by atoms with van der Waals surface area (Å²) in [5, 5.41) is 0. The van der Waals surface area contributed by atoms with Gasteiger partial charge in [0.1, 0.15) is 0 Å². The second-order valence-corrected chi connectivity index (χ2v) is 4.60. The lowest BCUT2D eigenvalue weighted by Gasteiger charge is -2.35. The van der Waals surface area contributed by atoms with Gasteiger partial charge in [-0.05, 0) is 32.9 Å². The lowest BCUT2D eigenvalue weighted by Crippen LogP contribution is -2.44. The van der Waals surface area contributed by atoms with E-state index in [-0.39, 0.29) is 6.04 Å². The Morgan fingerprint density at radius 3 is 2.12 bits per heavy atom. The maximum absolute atomic E-state index is 6.31. The molecule has 0 saturated carbocycles. The Morgan fingerprint density at radius 2 is 1.69 bits per heavy atom. The van der Waals surface area contributed by atoms with E-state index in [0.29, 0.717) is 12.1 Å².